The molecule has 0 spiro atoms. The van der Waals surface area contributed by atoms with Crippen molar-refractivity contribution in [1.29, 1.82) is 0 Å². The number of pyridine rings is 1. The summed E-state index contributed by atoms with van der Waals surface area (Å²) in [6, 6.07) is 2.72. The maximum atomic E-state index is 10.5. The van der Waals surface area contributed by atoms with Crippen LogP contribution in [0, 0.1) is 10.1 Å². The average molecular weight is 239 g/mol. The summed E-state index contributed by atoms with van der Waals surface area (Å²) >= 11 is 0. The number of nitrogen functional groups attached to an aromatic ring is 1. The van der Waals surface area contributed by atoms with Crippen LogP contribution < -0.4 is 10.5 Å². The molecule has 2 N–H and O–H groups in total. The van der Waals surface area contributed by atoms with E-state index in [9.17, 15) is 10.1 Å². The van der Waals surface area contributed by atoms with E-state index in [1.165, 1.54) is 12.1 Å². The minimum absolute atomic E-state index is 0.0771. The molecular formula is C10H13N3O4. The fourth-order valence-corrected chi connectivity index (χ4v) is 1.64. The van der Waals surface area contributed by atoms with Gasteiger partial charge in [0.25, 0.3) is 0 Å². The van der Waals surface area contributed by atoms with Gasteiger partial charge >= 0.3 is 5.69 Å². The Morgan fingerprint density at radius 3 is 3.06 bits per heavy atom. The maximum Gasteiger partial charge on any atom is 0.311 e. The first kappa shape index (κ1) is 11.6. The number of ether oxygens (including phenoxy) is 2. The smallest absolute Gasteiger partial charge is 0.311 e. The molecule has 0 bridgehead atoms. The molecule has 1 saturated heterocycles. The Balaban J connectivity index is 1.97. The first-order chi connectivity index (χ1) is 8.16. The number of hydrogen-bond donors (Lipinski definition) is 1. The Bertz CT molecular complexity index is 418. The summed E-state index contributed by atoms with van der Waals surface area (Å²) in [4.78, 5) is 13.8. The Labute approximate surface area is 97.7 Å². The van der Waals surface area contributed by atoms with Crippen molar-refractivity contribution in [3.63, 3.8) is 0 Å². The topological polar surface area (TPSA) is 101 Å². The predicted molar refractivity (Wildman–Crippen MR) is 59.8 cm³/mol. The van der Waals surface area contributed by atoms with Gasteiger partial charge < -0.3 is 15.2 Å². The van der Waals surface area contributed by atoms with Crippen LogP contribution in [0.15, 0.2) is 12.1 Å². The monoisotopic (exact) mass is 239 g/mol. The lowest BCUT2D eigenvalue weighted by molar-refractivity contribution is -0.384. The van der Waals surface area contributed by atoms with Crippen molar-refractivity contribution in [3.05, 3.63) is 22.2 Å². The summed E-state index contributed by atoms with van der Waals surface area (Å²) < 4.78 is 10.7. The molecule has 0 saturated carbocycles. The van der Waals surface area contributed by atoms with Crippen LogP contribution in [0.2, 0.25) is 0 Å². The summed E-state index contributed by atoms with van der Waals surface area (Å²) in [5, 5.41) is 10.5. The van der Waals surface area contributed by atoms with Crippen molar-refractivity contribution in [3.8, 4) is 5.88 Å². The second-order valence-electron chi connectivity index (χ2n) is 3.76. The lowest BCUT2D eigenvalue weighted by Crippen LogP contribution is -2.17. The SMILES string of the molecule is Nc1nc(OCC2CCCO2)ccc1[N+](=O)[O-]. The third kappa shape index (κ3) is 2.82. The van der Waals surface area contributed by atoms with E-state index in [2.05, 4.69) is 4.98 Å². The highest BCUT2D eigenvalue weighted by Crippen LogP contribution is 2.22. The van der Waals surface area contributed by atoms with Crippen molar-refractivity contribution >= 4 is 11.5 Å². The second kappa shape index (κ2) is 4.96. The number of rotatable bonds is 4. The van der Waals surface area contributed by atoms with E-state index in [0.717, 1.165) is 19.4 Å². The van der Waals surface area contributed by atoms with Crippen molar-refractivity contribution < 1.29 is 14.4 Å². The van der Waals surface area contributed by atoms with Crippen molar-refractivity contribution in [2.45, 2.75) is 18.9 Å². The third-order valence-corrected chi connectivity index (χ3v) is 2.51. The van der Waals surface area contributed by atoms with Gasteiger partial charge in [0.1, 0.15) is 6.61 Å². The molecule has 0 amide bonds. The molecule has 1 aliphatic heterocycles. The van der Waals surface area contributed by atoms with E-state index < -0.39 is 4.92 Å². The van der Waals surface area contributed by atoms with Crippen LogP contribution in [-0.4, -0.2) is 29.2 Å². The van der Waals surface area contributed by atoms with Crippen LogP contribution in [-0.2, 0) is 4.74 Å². The van der Waals surface area contributed by atoms with Gasteiger partial charge in [-0.1, -0.05) is 0 Å². The molecule has 1 unspecified atom stereocenters. The minimum Gasteiger partial charge on any atom is -0.475 e. The lowest BCUT2D eigenvalue weighted by Gasteiger charge is -2.10. The third-order valence-electron chi connectivity index (χ3n) is 2.51. The summed E-state index contributed by atoms with van der Waals surface area (Å²) in [6.45, 7) is 1.15. The summed E-state index contributed by atoms with van der Waals surface area (Å²) in [6.07, 6.45) is 2.07. The number of nitrogens with two attached hydrogens (primary N) is 1. The van der Waals surface area contributed by atoms with E-state index >= 15 is 0 Å². The maximum absolute atomic E-state index is 10.5. The molecule has 1 aliphatic rings. The highest BCUT2D eigenvalue weighted by atomic mass is 16.6. The van der Waals surface area contributed by atoms with Gasteiger partial charge in [0.05, 0.1) is 11.0 Å². The molecule has 1 fully saturated rings. The lowest BCUT2D eigenvalue weighted by atomic mass is 10.2. The minimum atomic E-state index is -0.577. The molecule has 1 aromatic rings. The van der Waals surface area contributed by atoms with Gasteiger partial charge in [-0.3, -0.25) is 10.1 Å². The number of aromatic nitrogens is 1. The zero-order valence-corrected chi connectivity index (χ0v) is 9.17. The zero-order valence-electron chi connectivity index (χ0n) is 9.17. The van der Waals surface area contributed by atoms with Crippen LogP contribution in [0.5, 0.6) is 5.88 Å². The van der Waals surface area contributed by atoms with Crippen molar-refractivity contribution in [2.75, 3.05) is 18.9 Å². The Kier molecular flexibility index (Phi) is 3.38. The van der Waals surface area contributed by atoms with Gasteiger partial charge in [-0.05, 0) is 12.8 Å². The van der Waals surface area contributed by atoms with Gasteiger partial charge in [0, 0.05) is 18.7 Å². The highest BCUT2D eigenvalue weighted by Gasteiger charge is 2.17. The molecule has 1 atom stereocenters. The second-order valence-corrected chi connectivity index (χ2v) is 3.76. The fraction of sp³-hybridized carbons (Fsp3) is 0.500. The molecule has 0 aliphatic carbocycles. The molecule has 7 heteroatoms. The molecule has 1 aromatic heterocycles. The van der Waals surface area contributed by atoms with Gasteiger partial charge in [-0.15, -0.1) is 0 Å². The Hall–Kier alpha value is -1.89. The molecule has 0 radical (unpaired) electrons. The first-order valence-electron chi connectivity index (χ1n) is 5.32. The van der Waals surface area contributed by atoms with Crippen molar-refractivity contribution in [2.24, 2.45) is 0 Å². The van der Waals surface area contributed by atoms with Crippen LogP contribution in [0.25, 0.3) is 0 Å². The average Bonchev–Trinajstić information content (AvgIpc) is 2.78. The molecule has 17 heavy (non-hydrogen) atoms. The van der Waals surface area contributed by atoms with Crippen LogP contribution in [0.4, 0.5) is 11.5 Å². The van der Waals surface area contributed by atoms with E-state index in [4.69, 9.17) is 15.2 Å². The van der Waals surface area contributed by atoms with E-state index in [1.807, 2.05) is 0 Å². The molecule has 0 aromatic carbocycles. The zero-order chi connectivity index (χ0) is 12.3. The number of nitro groups is 1. The Morgan fingerprint density at radius 1 is 1.65 bits per heavy atom. The van der Waals surface area contributed by atoms with Gasteiger partial charge in [0.2, 0.25) is 11.7 Å². The molecule has 2 heterocycles. The van der Waals surface area contributed by atoms with Crippen LogP contribution in [0.3, 0.4) is 0 Å². The summed E-state index contributed by atoms with van der Waals surface area (Å²) in [5.41, 5.74) is 5.23. The van der Waals surface area contributed by atoms with Gasteiger partial charge in [-0.2, -0.15) is 4.98 Å². The normalized spacial score (nSPS) is 19.2. The number of anilines is 1. The quantitative estimate of drug-likeness (QED) is 0.624. The van der Waals surface area contributed by atoms with E-state index in [0.29, 0.717) is 6.61 Å². The Morgan fingerprint density at radius 2 is 2.47 bits per heavy atom. The molecule has 2 rings (SSSR count). The molecule has 92 valence electrons. The highest BCUT2D eigenvalue weighted by molar-refractivity contribution is 5.53. The molecule has 7 nitrogen and oxygen atoms in total. The fourth-order valence-electron chi connectivity index (χ4n) is 1.64. The number of nitrogens with zero attached hydrogens (tertiary/aromatic N) is 2. The summed E-state index contributed by atoms with van der Waals surface area (Å²) in [7, 11) is 0. The standard InChI is InChI=1S/C10H13N3O4/c11-10-8(13(14)15)3-4-9(12-10)17-6-7-2-1-5-16-7/h3-4,7H,1-2,5-6H2,(H2,11,12). The van der Waals surface area contributed by atoms with Crippen LogP contribution in [0.1, 0.15) is 12.8 Å². The predicted octanol–water partition coefficient (Wildman–Crippen LogP) is 1.13. The van der Waals surface area contributed by atoms with E-state index in [-0.39, 0.29) is 23.5 Å². The van der Waals surface area contributed by atoms with Crippen LogP contribution >= 0.6 is 0 Å². The molecular weight excluding hydrogens is 226 g/mol. The first-order valence-corrected chi connectivity index (χ1v) is 5.32. The van der Waals surface area contributed by atoms with Gasteiger partial charge in [0.15, 0.2) is 0 Å². The van der Waals surface area contributed by atoms with E-state index in [1.54, 1.807) is 0 Å². The van der Waals surface area contributed by atoms with Crippen molar-refractivity contribution in [1.82, 2.24) is 4.98 Å². The largest absolute Gasteiger partial charge is 0.475 e. The summed E-state index contributed by atoms with van der Waals surface area (Å²) in [5.74, 6) is 0.142. The van der Waals surface area contributed by atoms with Gasteiger partial charge in [-0.25, -0.2) is 0 Å². The number of hydrogen-bond acceptors (Lipinski definition) is 6.